The van der Waals surface area contributed by atoms with Crippen molar-refractivity contribution in [1.29, 1.82) is 0 Å². The number of nitrogens with two attached hydrogens (primary N) is 1. The van der Waals surface area contributed by atoms with E-state index in [1.807, 2.05) is 26.1 Å². The molecule has 0 saturated heterocycles. The summed E-state index contributed by atoms with van der Waals surface area (Å²) in [5.41, 5.74) is 6.66. The van der Waals surface area contributed by atoms with Gasteiger partial charge in [0, 0.05) is 23.2 Å². The molecule has 2 rings (SSSR count). The highest BCUT2D eigenvalue weighted by Crippen LogP contribution is 2.39. The molecule has 0 aliphatic carbocycles. The molecule has 1 aromatic carbocycles. The average Bonchev–Trinajstić information content (AvgIpc) is 2.74. The van der Waals surface area contributed by atoms with Gasteiger partial charge in [-0.25, -0.2) is 0 Å². The van der Waals surface area contributed by atoms with Crippen molar-refractivity contribution in [3.63, 3.8) is 0 Å². The molecule has 0 bridgehead atoms. The molecule has 1 aromatic heterocycles. The molecule has 1 amide bonds. The van der Waals surface area contributed by atoms with Gasteiger partial charge in [0.05, 0.1) is 10.7 Å². The first-order valence-electron chi connectivity index (χ1n) is 6.88. The van der Waals surface area contributed by atoms with Gasteiger partial charge in [0.1, 0.15) is 4.88 Å². The van der Waals surface area contributed by atoms with Crippen molar-refractivity contribution in [3.05, 3.63) is 28.1 Å². The molecule has 0 radical (unpaired) electrons. The van der Waals surface area contributed by atoms with Gasteiger partial charge in [-0.1, -0.05) is 38.4 Å². The number of carbonyl (C=O) groups is 1. The van der Waals surface area contributed by atoms with Crippen LogP contribution in [-0.4, -0.2) is 23.9 Å². The third-order valence-electron chi connectivity index (χ3n) is 4.05. The molecule has 1 atom stereocenters. The fraction of sp³-hybridized carbons (Fsp3) is 0.438. The largest absolute Gasteiger partial charge is 0.397 e. The van der Waals surface area contributed by atoms with Crippen molar-refractivity contribution < 1.29 is 4.79 Å². The number of nitrogens with zero attached hydrogens (tertiary/aromatic N) is 1. The standard InChI is InChI=1S/C16H21ClN2OS/c1-9(16(2,3)4)19(5)15(20)14-13(18)12-10(17)7-6-8-11(12)21-14/h6-9H,18H2,1-5H3. The van der Waals surface area contributed by atoms with Crippen LogP contribution in [0.3, 0.4) is 0 Å². The van der Waals surface area contributed by atoms with E-state index >= 15 is 0 Å². The summed E-state index contributed by atoms with van der Waals surface area (Å²) in [6.07, 6.45) is 0. The lowest BCUT2D eigenvalue weighted by molar-refractivity contribution is 0.0635. The average molecular weight is 325 g/mol. The van der Waals surface area contributed by atoms with E-state index in [-0.39, 0.29) is 17.4 Å². The van der Waals surface area contributed by atoms with Crippen LogP contribution in [0.2, 0.25) is 5.02 Å². The second kappa shape index (κ2) is 5.50. The zero-order valence-corrected chi connectivity index (χ0v) is 14.6. The number of hydrogen-bond donors (Lipinski definition) is 1. The number of halogens is 1. The van der Waals surface area contributed by atoms with Crippen molar-refractivity contribution in [2.45, 2.75) is 33.7 Å². The molecule has 0 aliphatic heterocycles. The first kappa shape index (κ1) is 16.1. The topological polar surface area (TPSA) is 46.3 Å². The van der Waals surface area contributed by atoms with E-state index in [1.54, 1.807) is 11.0 Å². The second-order valence-electron chi connectivity index (χ2n) is 6.42. The summed E-state index contributed by atoms with van der Waals surface area (Å²) in [4.78, 5) is 15.1. The summed E-state index contributed by atoms with van der Waals surface area (Å²) in [7, 11) is 1.82. The van der Waals surface area contributed by atoms with E-state index in [2.05, 4.69) is 20.8 Å². The highest BCUT2D eigenvalue weighted by atomic mass is 35.5. The Bertz CT molecular complexity index is 687. The van der Waals surface area contributed by atoms with Gasteiger partial charge in [-0.05, 0) is 24.5 Å². The number of benzene rings is 1. The zero-order chi connectivity index (χ0) is 15.9. The van der Waals surface area contributed by atoms with Gasteiger partial charge in [-0.15, -0.1) is 11.3 Å². The Balaban J connectivity index is 2.45. The number of rotatable bonds is 2. The highest BCUT2D eigenvalue weighted by Gasteiger charge is 2.29. The summed E-state index contributed by atoms with van der Waals surface area (Å²) in [5, 5.41) is 1.37. The lowest BCUT2D eigenvalue weighted by Crippen LogP contribution is -2.42. The van der Waals surface area contributed by atoms with E-state index in [4.69, 9.17) is 17.3 Å². The number of fused-ring (bicyclic) bond motifs is 1. The normalized spacial score (nSPS) is 13.4. The van der Waals surface area contributed by atoms with Gasteiger partial charge in [0.2, 0.25) is 0 Å². The van der Waals surface area contributed by atoms with Crippen molar-refractivity contribution in [3.8, 4) is 0 Å². The van der Waals surface area contributed by atoms with Crippen molar-refractivity contribution in [2.24, 2.45) is 5.41 Å². The molecular formula is C16H21ClN2OS. The van der Waals surface area contributed by atoms with Crippen LogP contribution < -0.4 is 5.73 Å². The number of amides is 1. The first-order chi connectivity index (χ1) is 9.64. The number of carbonyl (C=O) groups excluding carboxylic acids is 1. The van der Waals surface area contributed by atoms with Gasteiger partial charge in [-0.3, -0.25) is 4.79 Å². The fourth-order valence-electron chi connectivity index (χ4n) is 2.21. The number of anilines is 1. The molecule has 114 valence electrons. The lowest BCUT2D eigenvalue weighted by Gasteiger charge is -2.35. The summed E-state index contributed by atoms with van der Waals surface area (Å²) in [6, 6.07) is 5.70. The van der Waals surface area contributed by atoms with E-state index < -0.39 is 0 Å². The van der Waals surface area contributed by atoms with Crippen molar-refractivity contribution in [2.75, 3.05) is 12.8 Å². The Labute approximate surface area is 134 Å². The molecule has 2 aromatic rings. The molecule has 0 fully saturated rings. The molecule has 2 N–H and O–H groups in total. The monoisotopic (exact) mass is 324 g/mol. The number of hydrogen-bond acceptors (Lipinski definition) is 3. The van der Waals surface area contributed by atoms with E-state index in [9.17, 15) is 4.79 Å². The minimum absolute atomic E-state index is 0.00744. The smallest absolute Gasteiger partial charge is 0.266 e. The fourth-order valence-corrected chi connectivity index (χ4v) is 3.67. The van der Waals surface area contributed by atoms with Gasteiger partial charge in [0.25, 0.3) is 5.91 Å². The predicted octanol–water partition coefficient (Wildman–Crippen LogP) is 4.64. The molecule has 3 nitrogen and oxygen atoms in total. The van der Waals surface area contributed by atoms with Crippen LogP contribution in [-0.2, 0) is 0 Å². The Morgan fingerprint density at radius 3 is 2.52 bits per heavy atom. The Morgan fingerprint density at radius 2 is 2.00 bits per heavy atom. The Hall–Kier alpha value is -1.26. The molecule has 1 heterocycles. The first-order valence-corrected chi connectivity index (χ1v) is 8.07. The molecule has 21 heavy (non-hydrogen) atoms. The van der Waals surface area contributed by atoms with Crippen LogP contribution in [0.25, 0.3) is 10.1 Å². The summed E-state index contributed by atoms with van der Waals surface area (Å²) >= 11 is 7.60. The number of nitrogen functional groups attached to an aromatic ring is 1. The highest BCUT2D eigenvalue weighted by molar-refractivity contribution is 7.21. The van der Waals surface area contributed by atoms with Crippen molar-refractivity contribution in [1.82, 2.24) is 4.90 Å². The quantitative estimate of drug-likeness (QED) is 0.874. The maximum absolute atomic E-state index is 12.7. The number of thiophene rings is 1. The molecule has 5 heteroatoms. The predicted molar refractivity (Wildman–Crippen MR) is 92.3 cm³/mol. The summed E-state index contributed by atoms with van der Waals surface area (Å²) < 4.78 is 0.945. The van der Waals surface area contributed by atoms with Crippen LogP contribution in [0.4, 0.5) is 5.69 Å². The summed E-state index contributed by atoms with van der Waals surface area (Å²) in [5.74, 6) is -0.0489. The van der Waals surface area contributed by atoms with E-state index in [1.165, 1.54) is 11.3 Å². The molecule has 1 unspecified atom stereocenters. The maximum Gasteiger partial charge on any atom is 0.266 e. The molecule has 0 aliphatic rings. The zero-order valence-electron chi connectivity index (χ0n) is 13.0. The van der Waals surface area contributed by atoms with Crippen LogP contribution in [0.1, 0.15) is 37.4 Å². The molecule has 0 saturated carbocycles. The summed E-state index contributed by atoms with van der Waals surface area (Å²) in [6.45, 7) is 8.40. The van der Waals surface area contributed by atoms with Gasteiger partial charge in [0.15, 0.2) is 0 Å². The third-order valence-corrected chi connectivity index (χ3v) is 5.52. The van der Waals surface area contributed by atoms with Crippen LogP contribution >= 0.6 is 22.9 Å². The minimum Gasteiger partial charge on any atom is -0.397 e. The van der Waals surface area contributed by atoms with Crippen LogP contribution in [0.15, 0.2) is 18.2 Å². The lowest BCUT2D eigenvalue weighted by atomic mass is 9.87. The Morgan fingerprint density at radius 1 is 1.38 bits per heavy atom. The minimum atomic E-state index is -0.0489. The second-order valence-corrected chi connectivity index (χ2v) is 7.88. The maximum atomic E-state index is 12.7. The van der Waals surface area contributed by atoms with Gasteiger partial charge >= 0.3 is 0 Å². The van der Waals surface area contributed by atoms with Crippen LogP contribution in [0, 0.1) is 5.41 Å². The third kappa shape index (κ3) is 2.87. The SMILES string of the molecule is CC(N(C)C(=O)c1sc2cccc(Cl)c2c1N)C(C)(C)C. The van der Waals surface area contributed by atoms with Crippen molar-refractivity contribution >= 4 is 44.6 Å². The van der Waals surface area contributed by atoms with E-state index in [0.29, 0.717) is 15.6 Å². The van der Waals surface area contributed by atoms with Crippen LogP contribution in [0.5, 0.6) is 0 Å². The van der Waals surface area contributed by atoms with Gasteiger partial charge < -0.3 is 10.6 Å². The van der Waals surface area contributed by atoms with E-state index in [0.717, 1.165) is 10.1 Å². The van der Waals surface area contributed by atoms with Gasteiger partial charge in [-0.2, -0.15) is 0 Å². The molecule has 0 spiro atoms. The molecular weight excluding hydrogens is 304 g/mol. The Kier molecular flexibility index (Phi) is 4.22.